The van der Waals surface area contributed by atoms with Crippen molar-refractivity contribution in [3.8, 4) is 0 Å². The molecule has 61 heavy (non-hydrogen) atoms. The Hall–Kier alpha value is -1.12. The van der Waals surface area contributed by atoms with Gasteiger partial charge in [-0.05, 0) is 0 Å². The summed E-state index contributed by atoms with van der Waals surface area (Å²) < 4.78 is 60.9. The van der Waals surface area contributed by atoms with E-state index in [-0.39, 0.29) is 0 Å². The molecule has 0 bridgehead atoms. The van der Waals surface area contributed by atoms with Gasteiger partial charge in [0.25, 0.3) is 0 Å². The maximum Gasteiger partial charge on any atom is 0.187 e. The predicted molar refractivity (Wildman–Crippen MR) is 181 cm³/mol. The van der Waals surface area contributed by atoms with Crippen molar-refractivity contribution in [2.24, 2.45) is 0 Å². The summed E-state index contributed by atoms with van der Waals surface area (Å²) in [5, 5.41) is 177. The van der Waals surface area contributed by atoms with Crippen molar-refractivity contribution in [3.63, 3.8) is 0 Å². The molecule has 6 heterocycles. The Morgan fingerprint density at radius 2 is 0.770 bits per heavy atom. The molecule has 6 rings (SSSR count). The molecule has 0 spiro atoms. The molecule has 17 N–H and O–H groups in total. The zero-order chi connectivity index (χ0) is 44.6. The van der Waals surface area contributed by atoms with Crippen molar-refractivity contribution in [3.05, 3.63) is 0 Å². The fraction of sp³-hybridized carbons (Fsp3) is 1.00. The van der Waals surface area contributed by atoms with Crippen molar-refractivity contribution < 1.29 is 139 Å². The van der Waals surface area contributed by atoms with Crippen LogP contribution in [0.15, 0.2) is 0 Å². The predicted octanol–water partition coefficient (Wildman–Crippen LogP) is -12.2. The number of hydrogen-bond donors (Lipinski definition) is 17. The number of aliphatic hydroxyl groups is 17. The Morgan fingerprint density at radius 3 is 1.38 bits per heavy atom. The summed E-state index contributed by atoms with van der Waals surface area (Å²) in [5.41, 5.74) is 0. The zero-order valence-corrected chi connectivity index (χ0v) is 31.9. The van der Waals surface area contributed by atoms with Crippen LogP contribution in [-0.4, -0.2) is 292 Å². The topological polar surface area (TPSA) is 445 Å². The van der Waals surface area contributed by atoms with Crippen LogP contribution in [0.2, 0.25) is 0 Å². The van der Waals surface area contributed by atoms with Crippen LogP contribution in [0.25, 0.3) is 0 Å². The number of rotatable bonds is 14. The first-order valence-electron chi connectivity index (χ1n) is 19.4. The minimum absolute atomic E-state index is 0.495. The smallest absolute Gasteiger partial charge is 0.187 e. The molecule has 0 aliphatic carbocycles. The van der Waals surface area contributed by atoms with Gasteiger partial charge >= 0.3 is 0 Å². The lowest BCUT2D eigenvalue weighted by Gasteiger charge is -2.48. The second-order valence-corrected chi connectivity index (χ2v) is 15.5. The summed E-state index contributed by atoms with van der Waals surface area (Å²) in [5.74, 6) is 0. The van der Waals surface area contributed by atoms with Gasteiger partial charge in [0.2, 0.25) is 0 Å². The van der Waals surface area contributed by atoms with Crippen LogP contribution in [0.1, 0.15) is 0 Å². The van der Waals surface area contributed by atoms with Gasteiger partial charge in [0.05, 0.1) is 39.6 Å². The van der Waals surface area contributed by atoms with Crippen LogP contribution >= 0.6 is 0 Å². The molecule has 356 valence electrons. The van der Waals surface area contributed by atoms with Gasteiger partial charge in [-0.1, -0.05) is 0 Å². The van der Waals surface area contributed by atoms with E-state index in [2.05, 4.69) is 0 Å². The molecule has 6 aliphatic rings. The highest BCUT2D eigenvalue weighted by Crippen LogP contribution is 2.34. The Balaban J connectivity index is 1.17. The van der Waals surface area contributed by atoms with Crippen molar-refractivity contribution >= 4 is 0 Å². The lowest BCUT2D eigenvalue weighted by atomic mass is 9.96. The van der Waals surface area contributed by atoms with Gasteiger partial charge in [-0.25, -0.2) is 0 Å². The van der Waals surface area contributed by atoms with Crippen molar-refractivity contribution in [2.75, 3.05) is 39.6 Å². The number of ether oxygens (including phenoxy) is 11. The Bertz CT molecular complexity index is 1360. The molecule has 6 fully saturated rings. The summed E-state index contributed by atoms with van der Waals surface area (Å²) in [6, 6.07) is 0. The van der Waals surface area contributed by atoms with E-state index in [1.54, 1.807) is 0 Å². The molecule has 6 aliphatic heterocycles. The third-order valence-corrected chi connectivity index (χ3v) is 11.3. The van der Waals surface area contributed by atoms with Gasteiger partial charge in [0.15, 0.2) is 37.7 Å². The minimum Gasteiger partial charge on any atom is -0.394 e. The first-order valence-corrected chi connectivity index (χ1v) is 19.4. The number of hydrogen-bond acceptors (Lipinski definition) is 28. The molecule has 27 atom stereocenters. The largest absolute Gasteiger partial charge is 0.394 e. The molecule has 28 nitrogen and oxygen atoms in total. The first-order chi connectivity index (χ1) is 28.9. The molecule has 0 saturated carbocycles. The fourth-order valence-electron chi connectivity index (χ4n) is 7.52. The van der Waals surface area contributed by atoms with Crippen molar-refractivity contribution in [1.82, 2.24) is 0 Å². The summed E-state index contributed by atoms with van der Waals surface area (Å²) in [6.07, 6.45) is -48.1. The normalized spacial score (nSPS) is 53.6. The van der Waals surface area contributed by atoms with E-state index in [0.29, 0.717) is 0 Å². The second-order valence-electron chi connectivity index (χ2n) is 15.5. The SMILES string of the molecule is OCC1OC(OC2C(OCC3OC(OC4C(COC5OCC(O)C(O)C5O)OC(OC5C(CO)OC(O)C(O)C5O)C(O)C4O)C(O)C(O)C3O)OCC(O)C2O)C(O)C1O. The lowest BCUT2D eigenvalue weighted by Crippen LogP contribution is -2.67. The van der Waals surface area contributed by atoms with E-state index in [1.807, 2.05) is 0 Å². The molecule has 0 aromatic rings. The zero-order valence-electron chi connectivity index (χ0n) is 31.9. The average Bonchev–Trinajstić information content (AvgIpc) is 3.52. The quantitative estimate of drug-likeness (QED) is 0.0769. The average molecular weight is 901 g/mol. The molecule has 27 unspecified atom stereocenters. The Labute approximate surface area is 344 Å². The van der Waals surface area contributed by atoms with E-state index >= 15 is 0 Å². The van der Waals surface area contributed by atoms with Crippen LogP contribution in [0.5, 0.6) is 0 Å². The second kappa shape index (κ2) is 21.0. The van der Waals surface area contributed by atoms with Gasteiger partial charge in [-0.2, -0.15) is 0 Å². The van der Waals surface area contributed by atoms with E-state index < -0.39 is 206 Å². The highest BCUT2D eigenvalue weighted by Gasteiger charge is 2.55. The third-order valence-electron chi connectivity index (χ3n) is 11.3. The highest BCUT2D eigenvalue weighted by atomic mass is 16.8. The van der Waals surface area contributed by atoms with Gasteiger partial charge in [0.1, 0.15) is 128 Å². The third kappa shape index (κ3) is 10.5. The summed E-state index contributed by atoms with van der Waals surface area (Å²) in [4.78, 5) is 0. The molecule has 0 amide bonds. The van der Waals surface area contributed by atoms with Crippen LogP contribution in [-0.2, 0) is 52.1 Å². The summed E-state index contributed by atoms with van der Waals surface area (Å²) in [7, 11) is 0. The van der Waals surface area contributed by atoms with Gasteiger partial charge in [-0.15, -0.1) is 0 Å². The standard InChI is InChI=1S/C33H56O28/c34-1-9-15(40)22(47)30(56-9)61-27-14(39)8(37)4-52-33(27)54-5-11-16(41)17(42)23(48)31(57-11)60-26-12(6-53-29-21(46)13(38)7(36)3-51-29)58-32(24(49)19(26)44)59-25-10(2-35)55-28(50)20(45)18(25)43/h7-50H,1-6H2. The summed E-state index contributed by atoms with van der Waals surface area (Å²) in [6.45, 7) is -4.14. The molecule has 0 radical (unpaired) electrons. The Kier molecular flexibility index (Phi) is 17.0. The first kappa shape index (κ1) is 49.3. The van der Waals surface area contributed by atoms with E-state index in [0.717, 1.165) is 0 Å². The van der Waals surface area contributed by atoms with Crippen LogP contribution in [0.3, 0.4) is 0 Å². The monoisotopic (exact) mass is 900 g/mol. The maximum atomic E-state index is 11.4. The van der Waals surface area contributed by atoms with Gasteiger partial charge in [0, 0.05) is 0 Å². The molecule has 6 saturated heterocycles. The lowest BCUT2D eigenvalue weighted by molar-refractivity contribution is -0.384. The van der Waals surface area contributed by atoms with Crippen LogP contribution in [0, 0.1) is 0 Å². The summed E-state index contributed by atoms with van der Waals surface area (Å²) >= 11 is 0. The van der Waals surface area contributed by atoms with Crippen molar-refractivity contribution in [1.29, 1.82) is 0 Å². The molecular weight excluding hydrogens is 844 g/mol. The van der Waals surface area contributed by atoms with E-state index in [9.17, 15) is 86.8 Å². The Morgan fingerprint density at radius 1 is 0.344 bits per heavy atom. The van der Waals surface area contributed by atoms with Gasteiger partial charge in [-0.3, -0.25) is 0 Å². The fourth-order valence-corrected chi connectivity index (χ4v) is 7.52. The molecular formula is C33H56O28. The minimum atomic E-state index is -2.14. The van der Waals surface area contributed by atoms with E-state index in [4.69, 9.17) is 52.1 Å². The van der Waals surface area contributed by atoms with Gasteiger partial charge < -0.3 is 139 Å². The van der Waals surface area contributed by atoms with E-state index in [1.165, 1.54) is 0 Å². The molecule has 0 aromatic heterocycles. The van der Waals surface area contributed by atoms with Crippen LogP contribution < -0.4 is 0 Å². The van der Waals surface area contributed by atoms with Crippen LogP contribution in [0.4, 0.5) is 0 Å². The highest BCUT2D eigenvalue weighted by molar-refractivity contribution is 4.97. The number of aliphatic hydroxyl groups excluding tert-OH is 17. The van der Waals surface area contributed by atoms with Crippen molar-refractivity contribution in [2.45, 2.75) is 166 Å². The molecule has 0 aromatic carbocycles. The molecule has 28 heteroatoms. The maximum absolute atomic E-state index is 11.4.